The Bertz CT molecular complexity index is 828. The number of benzene rings is 2. The highest BCUT2D eigenvalue weighted by molar-refractivity contribution is 7.98. The van der Waals surface area contributed by atoms with E-state index in [-0.39, 0.29) is 4.90 Å². The molecule has 0 fully saturated rings. The largest absolute Gasteiger partial charge is 0.269 e. The molecule has 0 radical (unpaired) electrons. The van der Waals surface area contributed by atoms with Crippen molar-refractivity contribution in [3.8, 4) is 6.07 Å². The van der Waals surface area contributed by atoms with Gasteiger partial charge in [0.2, 0.25) is 0 Å². The lowest BCUT2D eigenvalue weighted by molar-refractivity contribution is 0.588. The number of thioether (sulfide) groups is 1. The summed E-state index contributed by atoms with van der Waals surface area (Å²) in [5, 5.41) is 9.01. The van der Waals surface area contributed by atoms with Gasteiger partial charge in [0.15, 0.2) is 0 Å². The maximum absolute atomic E-state index is 13.6. The van der Waals surface area contributed by atoms with Gasteiger partial charge in [-0.05, 0) is 42.7 Å². The van der Waals surface area contributed by atoms with Crippen molar-refractivity contribution in [2.45, 2.75) is 9.79 Å². The van der Waals surface area contributed by atoms with Crippen molar-refractivity contribution in [2.24, 2.45) is 0 Å². The number of halogens is 1. The molecule has 2 aromatic rings. The third-order valence-electron chi connectivity index (χ3n) is 3.16. The number of rotatable bonds is 4. The fraction of sp³-hybridized carbons (Fsp3) is 0.133. The Morgan fingerprint density at radius 3 is 2.36 bits per heavy atom. The first-order valence-electron chi connectivity index (χ1n) is 6.23. The number of nitrogens with zero attached hydrogens (tertiary/aromatic N) is 2. The van der Waals surface area contributed by atoms with Crippen molar-refractivity contribution in [3.63, 3.8) is 0 Å². The third kappa shape index (κ3) is 2.93. The Morgan fingerprint density at radius 2 is 1.82 bits per heavy atom. The summed E-state index contributed by atoms with van der Waals surface area (Å²) in [6, 6.07) is 12.1. The molecule has 2 aromatic carbocycles. The average molecular weight is 336 g/mol. The predicted molar refractivity (Wildman–Crippen MR) is 84.9 cm³/mol. The zero-order valence-corrected chi connectivity index (χ0v) is 13.6. The van der Waals surface area contributed by atoms with E-state index < -0.39 is 21.4 Å². The Morgan fingerprint density at radius 1 is 1.18 bits per heavy atom. The molecular weight excluding hydrogens is 323 g/mol. The summed E-state index contributed by atoms with van der Waals surface area (Å²) in [6.45, 7) is 0. The van der Waals surface area contributed by atoms with E-state index in [1.54, 1.807) is 42.1 Å². The van der Waals surface area contributed by atoms with Gasteiger partial charge in [0.05, 0.1) is 5.69 Å². The lowest BCUT2D eigenvalue weighted by atomic mass is 10.2. The molecule has 0 aliphatic rings. The van der Waals surface area contributed by atoms with Crippen LogP contribution >= 0.6 is 11.8 Å². The quantitative estimate of drug-likeness (QED) is 0.804. The molecule has 0 bridgehead atoms. The molecule has 22 heavy (non-hydrogen) atoms. The Labute approximate surface area is 133 Å². The van der Waals surface area contributed by atoms with Crippen LogP contribution in [-0.2, 0) is 10.0 Å². The molecule has 2 rings (SSSR count). The van der Waals surface area contributed by atoms with E-state index in [0.29, 0.717) is 5.69 Å². The highest BCUT2D eigenvalue weighted by atomic mass is 32.2. The minimum Gasteiger partial charge on any atom is -0.269 e. The van der Waals surface area contributed by atoms with Gasteiger partial charge in [-0.25, -0.2) is 12.8 Å². The van der Waals surface area contributed by atoms with Crippen LogP contribution in [0.3, 0.4) is 0 Å². The van der Waals surface area contributed by atoms with Gasteiger partial charge >= 0.3 is 0 Å². The molecule has 7 heteroatoms. The second kappa shape index (κ2) is 6.38. The van der Waals surface area contributed by atoms with Crippen LogP contribution in [0.25, 0.3) is 0 Å². The topological polar surface area (TPSA) is 61.2 Å². The van der Waals surface area contributed by atoms with Crippen LogP contribution < -0.4 is 4.31 Å². The zero-order valence-electron chi connectivity index (χ0n) is 11.9. The van der Waals surface area contributed by atoms with Crippen molar-refractivity contribution in [1.29, 1.82) is 5.26 Å². The van der Waals surface area contributed by atoms with E-state index in [9.17, 15) is 12.8 Å². The van der Waals surface area contributed by atoms with Crippen molar-refractivity contribution in [1.82, 2.24) is 0 Å². The number of hydrogen-bond acceptors (Lipinski definition) is 4. The van der Waals surface area contributed by atoms with Crippen LogP contribution in [0.15, 0.2) is 52.3 Å². The number of anilines is 1. The van der Waals surface area contributed by atoms with Gasteiger partial charge in [-0.3, -0.25) is 4.31 Å². The standard InChI is InChI=1S/C15H13FN2O2S2/c1-18(11-6-8-12(21-2)9-7-11)22(19,20)15-5-3-4-14(16)13(15)10-17/h3-9H,1-2H3. The molecule has 0 unspecified atom stereocenters. The number of sulfonamides is 1. The van der Waals surface area contributed by atoms with Gasteiger partial charge < -0.3 is 0 Å². The van der Waals surface area contributed by atoms with Gasteiger partial charge in [0, 0.05) is 11.9 Å². The number of nitriles is 1. The lowest BCUT2D eigenvalue weighted by Gasteiger charge is -2.20. The second-order valence-electron chi connectivity index (χ2n) is 4.40. The molecule has 0 amide bonds. The second-order valence-corrected chi connectivity index (χ2v) is 7.21. The smallest absolute Gasteiger partial charge is 0.265 e. The Balaban J connectivity index is 2.50. The molecule has 0 saturated carbocycles. The first-order chi connectivity index (χ1) is 10.4. The molecule has 0 heterocycles. The normalized spacial score (nSPS) is 11.0. The molecule has 0 aliphatic carbocycles. The zero-order chi connectivity index (χ0) is 16.3. The summed E-state index contributed by atoms with van der Waals surface area (Å²) >= 11 is 1.54. The van der Waals surface area contributed by atoms with Gasteiger partial charge in [0.25, 0.3) is 10.0 Å². The fourth-order valence-electron chi connectivity index (χ4n) is 1.91. The van der Waals surface area contributed by atoms with E-state index >= 15 is 0 Å². The van der Waals surface area contributed by atoms with Crippen molar-refractivity contribution >= 4 is 27.5 Å². The molecule has 114 valence electrons. The SMILES string of the molecule is CSc1ccc(N(C)S(=O)(=O)c2cccc(F)c2C#N)cc1. The van der Waals surface area contributed by atoms with Crippen molar-refractivity contribution in [3.05, 3.63) is 53.8 Å². The van der Waals surface area contributed by atoms with Crippen LogP contribution in [0.1, 0.15) is 5.56 Å². The van der Waals surface area contributed by atoms with E-state index in [1.807, 2.05) is 6.26 Å². The first kappa shape index (κ1) is 16.3. The third-order valence-corrected chi connectivity index (χ3v) is 5.73. The van der Waals surface area contributed by atoms with Gasteiger partial charge in [-0.15, -0.1) is 11.8 Å². The summed E-state index contributed by atoms with van der Waals surface area (Å²) in [5.74, 6) is -0.852. The minimum atomic E-state index is -4.01. The average Bonchev–Trinajstić information content (AvgIpc) is 2.54. The van der Waals surface area contributed by atoms with Crippen LogP contribution in [0, 0.1) is 17.1 Å². The molecule has 0 aliphatic heterocycles. The van der Waals surface area contributed by atoms with Crippen LogP contribution in [-0.4, -0.2) is 21.7 Å². The molecule has 0 spiro atoms. The summed E-state index contributed by atoms with van der Waals surface area (Å²) in [7, 11) is -2.64. The van der Waals surface area contributed by atoms with Crippen LogP contribution in [0.2, 0.25) is 0 Å². The summed E-state index contributed by atoms with van der Waals surface area (Å²) < 4.78 is 39.9. The monoisotopic (exact) mass is 336 g/mol. The molecular formula is C15H13FN2O2S2. The lowest BCUT2D eigenvalue weighted by Crippen LogP contribution is -2.27. The fourth-order valence-corrected chi connectivity index (χ4v) is 3.66. The Hall–Kier alpha value is -2.04. The summed E-state index contributed by atoms with van der Waals surface area (Å²) in [5.41, 5.74) is -0.0407. The molecule has 0 N–H and O–H groups in total. The predicted octanol–water partition coefficient (Wildman–Crippen LogP) is 3.24. The van der Waals surface area contributed by atoms with Gasteiger partial charge in [-0.2, -0.15) is 5.26 Å². The number of hydrogen-bond donors (Lipinski definition) is 0. The molecule has 4 nitrogen and oxygen atoms in total. The molecule has 0 atom stereocenters. The maximum atomic E-state index is 13.6. The van der Waals surface area contributed by atoms with Gasteiger partial charge in [0.1, 0.15) is 22.3 Å². The summed E-state index contributed by atoms with van der Waals surface area (Å²) in [4.78, 5) is 0.657. The van der Waals surface area contributed by atoms with E-state index in [0.717, 1.165) is 15.3 Å². The van der Waals surface area contributed by atoms with Crippen LogP contribution in [0.5, 0.6) is 0 Å². The maximum Gasteiger partial charge on any atom is 0.265 e. The minimum absolute atomic E-state index is 0.341. The highest BCUT2D eigenvalue weighted by Gasteiger charge is 2.26. The Kier molecular flexibility index (Phi) is 4.74. The molecule has 0 saturated heterocycles. The van der Waals surface area contributed by atoms with E-state index in [1.165, 1.54) is 19.2 Å². The first-order valence-corrected chi connectivity index (χ1v) is 8.90. The van der Waals surface area contributed by atoms with Crippen molar-refractivity contribution in [2.75, 3.05) is 17.6 Å². The van der Waals surface area contributed by atoms with Gasteiger partial charge in [-0.1, -0.05) is 6.07 Å². The summed E-state index contributed by atoms with van der Waals surface area (Å²) in [6.07, 6.45) is 1.92. The van der Waals surface area contributed by atoms with Crippen molar-refractivity contribution < 1.29 is 12.8 Å². The van der Waals surface area contributed by atoms with Crippen LogP contribution in [0.4, 0.5) is 10.1 Å². The highest BCUT2D eigenvalue weighted by Crippen LogP contribution is 2.27. The van der Waals surface area contributed by atoms with E-state index in [2.05, 4.69) is 0 Å². The van der Waals surface area contributed by atoms with E-state index in [4.69, 9.17) is 5.26 Å². The molecule has 0 aromatic heterocycles.